The Morgan fingerprint density at radius 2 is 1.69 bits per heavy atom. The molecule has 4 rings (SSSR count). The Bertz CT molecular complexity index is 1010. The first-order chi connectivity index (χ1) is 13.9. The monoisotopic (exact) mass is 408 g/mol. The third kappa shape index (κ3) is 3.58. The van der Waals surface area contributed by atoms with Gasteiger partial charge in [0.15, 0.2) is 0 Å². The van der Waals surface area contributed by atoms with Gasteiger partial charge < -0.3 is 4.90 Å². The summed E-state index contributed by atoms with van der Waals surface area (Å²) in [6, 6.07) is 12.9. The van der Waals surface area contributed by atoms with Crippen molar-refractivity contribution in [2.45, 2.75) is 33.6 Å². The van der Waals surface area contributed by atoms with Crippen molar-refractivity contribution < 1.29 is 9.59 Å². The minimum absolute atomic E-state index is 0.239. The quantitative estimate of drug-likeness (QED) is 0.673. The van der Waals surface area contributed by atoms with Gasteiger partial charge in [-0.1, -0.05) is 36.7 Å². The number of aryl methyl sites for hydroxylation is 2. The molecule has 5 heteroatoms. The summed E-state index contributed by atoms with van der Waals surface area (Å²) in [6.07, 6.45) is 2.16. The zero-order chi connectivity index (χ0) is 20.7. The van der Waals surface area contributed by atoms with Crippen molar-refractivity contribution in [3.8, 4) is 0 Å². The molecule has 29 heavy (non-hydrogen) atoms. The second-order valence-corrected chi connectivity index (χ2v) is 8.57. The van der Waals surface area contributed by atoms with E-state index in [1.54, 1.807) is 12.1 Å². The zero-order valence-corrected chi connectivity index (χ0v) is 17.8. The highest BCUT2D eigenvalue weighted by atomic mass is 35.5. The molecule has 0 bridgehead atoms. The number of nitrogens with zero attached hydrogens (tertiary/aromatic N) is 2. The molecule has 0 N–H and O–H groups in total. The van der Waals surface area contributed by atoms with Crippen molar-refractivity contribution in [3.05, 3.63) is 69.9 Å². The lowest BCUT2D eigenvalue weighted by molar-refractivity contribution is -0.120. The SMILES string of the molecule is Cc1ccc(N2C(=O)C(c3ccc(Cl)cc3)=C(N3CCCC(C)C3)C2=O)cc1C. The minimum atomic E-state index is -0.270. The van der Waals surface area contributed by atoms with E-state index in [0.29, 0.717) is 27.9 Å². The van der Waals surface area contributed by atoms with Crippen LogP contribution in [0.2, 0.25) is 5.02 Å². The number of piperidine rings is 1. The molecule has 2 aromatic carbocycles. The van der Waals surface area contributed by atoms with Gasteiger partial charge >= 0.3 is 0 Å². The lowest BCUT2D eigenvalue weighted by Crippen LogP contribution is -2.39. The van der Waals surface area contributed by atoms with Crippen LogP contribution in [0.1, 0.15) is 36.5 Å². The topological polar surface area (TPSA) is 40.6 Å². The molecule has 0 saturated carbocycles. The van der Waals surface area contributed by atoms with Crippen LogP contribution in [0.25, 0.3) is 5.57 Å². The summed E-state index contributed by atoms with van der Waals surface area (Å²) in [7, 11) is 0. The Balaban J connectivity index is 1.83. The number of halogens is 1. The number of hydrogen-bond acceptors (Lipinski definition) is 3. The van der Waals surface area contributed by atoms with Crippen molar-refractivity contribution in [3.63, 3.8) is 0 Å². The molecular weight excluding hydrogens is 384 g/mol. The number of rotatable bonds is 3. The van der Waals surface area contributed by atoms with Gasteiger partial charge in [-0.15, -0.1) is 0 Å². The molecule has 0 spiro atoms. The highest BCUT2D eigenvalue weighted by molar-refractivity contribution is 6.45. The number of imide groups is 1. The van der Waals surface area contributed by atoms with Crippen molar-refractivity contribution in [2.24, 2.45) is 5.92 Å². The standard InChI is InChI=1S/C24H25ClN2O2/c1-15-5-4-12-26(14-15)22-21(18-7-9-19(25)10-8-18)23(28)27(24(22)29)20-11-6-16(2)17(3)13-20/h6-11,13,15H,4-5,12,14H2,1-3H3. The van der Waals surface area contributed by atoms with Gasteiger partial charge in [0, 0.05) is 18.1 Å². The largest absolute Gasteiger partial charge is 0.366 e. The van der Waals surface area contributed by atoms with E-state index in [9.17, 15) is 9.59 Å². The highest BCUT2D eigenvalue weighted by Gasteiger charge is 2.43. The van der Waals surface area contributed by atoms with Gasteiger partial charge in [-0.3, -0.25) is 9.59 Å². The molecule has 2 aliphatic heterocycles. The van der Waals surface area contributed by atoms with E-state index in [2.05, 4.69) is 11.8 Å². The molecule has 1 unspecified atom stereocenters. The van der Waals surface area contributed by atoms with Crippen LogP contribution in [0.3, 0.4) is 0 Å². The van der Waals surface area contributed by atoms with Gasteiger partial charge in [-0.25, -0.2) is 4.90 Å². The molecule has 2 heterocycles. The zero-order valence-electron chi connectivity index (χ0n) is 17.0. The molecule has 2 aromatic rings. The third-order valence-corrected chi connectivity index (χ3v) is 6.17. The Hall–Kier alpha value is -2.59. The maximum Gasteiger partial charge on any atom is 0.282 e. The van der Waals surface area contributed by atoms with E-state index in [0.717, 1.165) is 42.6 Å². The van der Waals surface area contributed by atoms with E-state index in [1.807, 2.05) is 44.2 Å². The maximum atomic E-state index is 13.5. The fourth-order valence-electron chi connectivity index (χ4n) is 4.18. The van der Waals surface area contributed by atoms with E-state index >= 15 is 0 Å². The van der Waals surface area contributed by atoms with Crippen LogP contribution in [-0.2, 0) is 9.59 Å². The van der Waals surface area contributed by atoms with Crippen LogP contribution in [0.4, 0.5) is 5.69 Å². The number of carbonyl (C=O) groups excluding carboxylic acids is 2. The maximum absolute atomic E-state index is 13.5. The summed E-state index contributed by atoms with van der Waals surface area (Å²) in [5.41, 5.74) is 4.52. The van der Waals surface area contributed by atoms with Gasteiger partial charge in [0.2, 0.25) is 0 Å². The fourth-order valence-corrected chi connectivity index (χ4v) is 4.31. The number of carbonyl (C=O) groups is 2. The lowest BCUT2D eigenvalue weighted by Gasteiger charge is -2.33. The second-order valence-electron chi connectivity index (χ2n) is 8.14. The van der Waals surface area contributed by atoms with Crippen LogP contribution in [0.5, 0.6) is 0 Å². The molecule has 0 aliphatic carbocycles. The number of hydrogen-bond donors (Lipinski definition) is 0. The molecule has 2 amide bonds. The highest BCUT2D eigenvalue weighted by Crippen LogP contribution is 2.37. The van der Waals surface area contributed by atoms with Crippen LogP contribution in [0.15, 0.2) is 48.2 Å². The molecular formula is C24H25ClN2O2. The van der Waals surface area contributed by atoms with E-state index in [-0.39, 0.29) is 11.8 Å². The number of amides is 2. The van der Waals surface area contributed by atoms with Crippen LogP contribution in [-0.4, -0.2) is 29.8 Å². The second kappa shape index (κ2) is 7.68. The summed E-state index contributed by atoms with van der Waals surface area (Å²) in [5.74, 6) is -0.0209. The molecule has 0 aromatic heterocycles. The molecule has 2 aliphatic rings. The lowest BCUT2D eigenvalue weighted by atomic mass is 9.98. The van der Waals surface area contributed by atoms with E-state index in [1.165, 1.54) is 4.90 Å². The van der Waals surface area contributed by atoms with Gasteiger partial charge in [-0.2, -0.15) is 0 Å². The smallest absolute Gasteiger partial charge is 0.282 e. The molecule has 4 nitrogen and oxygen atoms in total. The molecule has 0 radical (unpaired) electrons. The summed E-state index contributed by atoms with van der Waals surface area (Å²) in [6.45, 7) is 7.77. The van der Waals surface area contributed by atoms with Crippen molar-refractivity contribution in [1.82, 2.24) is 4.90 Å². The van der Waals surface area contributed by atoms with Crippen molar-refractivity contribution in [2.75, 3.05) is 18.0 Å². The average molecular weight is 409 g/mol. The van der Waals surface area contributed by atoms with Crippen LogP contribution >= 0.6 is 11.6 Å². The Morgan fingerprint density at radius 3 is 2.34 bits per heavy atom. The van der Waals surface area contributed by atoms with Gasteiger partial charge in [0.25, 0.3) is 11.8 Å². The molecule has 1 atom stereocenters. The summed E-state index contributed by atoms with van der Waals surface area (Å²) < 4.78 is 0. The number of likely N-dealkylation sites (tertiary alicyclic amines) is 1. The van der Waals surface area contributed by atoms with Crippen LogP contribution < -0.4 is 4.90 Å². The average Bonchev–Trinajstić information content (AvgIpc) is 2.95. The molecule has 150 valence electrons. The Labute approximate surface area is 176 Å². The summed E-state index contributed by atoms with van der Waals surface area (Å²) >= 11 is 6.06. The third-order valence-electron chi connectivity index (χ3n) is 5.91. The molecule has 1 saturated heterocycles. The van der Waals surface area contributed by atoms with Crippen LogP contribution in [0, 0.1) is 19.8 Å². The van der Waals surface area contributed by atoms with Crippen molar-refractivity contribution in [1.29, 1.82) is 0 Å². The first kappa shape index (κ1) is 19.7. The number of anilines is 1. The predicted octanol–water partition coefficient (Wildman–Crippen LogP) is 4.97. The Kier molecular flexibility index (Phi) is 5.22. The number of benzene rings is 2. The van der Waals surface area contributed by atoms with Crippen molar-refractivity contribution >= 4 is 34.7 Å². The van der Waals surface area contributed by atoms with E-state index < -0.39 is 0 Å². The first-order valence-corrected chi connectivity index (χ1v) is 10.5. The first-order valence-electron chi connectivity index (χ1n) is 10.1. The predicted molar refractivity (Wildman–Crippen MR) is 117 cm³/mol. The normalized spacial score (nSPS) is 20.1. The summed E-state index contributed by atoms with van der Waals surface area (Å²) in [4.78, 5) is 30.5. The molecule has 1 fully saturated rings. The van der Waals surface area contributed by atoms with E-state index in [4.69, 9.17) is 11.6 Å². The van der Waals surface area contributed by atoms with Gasteiger partial charge in [-0.05, 0) is 73.6 Å². The fraction of sp³-hybridized carbons (Fsp3) is 0.333. The Morgan fingerprint density at radius 1 is 0.966 bits per heavy atom. The van der Waals surface area contributed by atoms with Gasteiger partial charge in [0.05, 0.1) is 11.3 Å². The van der Waals surface area contributed by atoms with Gasteiger partial charge in [0.1, 0.15) is 5.70 Å². The minimum Gasteiger partial charge on any atom is -0.366 e. The summed E-state index contributed by atoms with van der Waals surface area (Å²) in [5, 5.41) is 0.602.